The third-order valence-electron chi connectivity index (χ3n) is 3.18. The fourth-order valence-corrected chi connectivity index (χ4v) is 2.12. The van der Waals surface area contributed by atoms with Gasteiger partial charge in [-0.25, -0.2) is 4.98 Å². The lowest BCUT2D eigenvalue weighted by molar-refractivity contribution is 0.410. The zero-order valence-electron chi connectivity index (χ0n) is 11.7. The number of hydrogen-bond donors (Lipinski definition) is 1. The van der Waals surface area contributed by atoms with E-state index in [1.807, 2.05) is 42.5 Å². The van der Waals surface area contributed by atoms with Crippen LogP contribution in [0.5, 0.6) is 5.75 Å². The van der Waals surface area contributed by atoms with Gasteiger partial charge in [0.05, 0.1) is 13.3 Å². The van der Waals surface area contributed by atoms with Crippen molar-refractivity contribution in [2.24, 2.45) is 0 Å². The summed E-state index contributed by atoms with van der Waals surface area (Å²) in [6, 6.07) is 16.8. The first kappa shape index (κ1) is 13.2. The first-order valence-corrected chi connectivity index (χ1v) is 6.63. The van der Waals surface area contributed by atoms with Crippen LogP contribution in [-0.2, 0) is 6.54 Å². The number of nitrogens with one attached hydrogen (secondary N) is 1. The summed E-state index contributed by atoms with van der Waals surface area (Å²) >= 11 is 0. The maximum Gasteiger partial charge on any atom is 0.181 e. The Morgan fingerprint density at radius 1 is 1.29 bits per heavy atom. The molecule has 4 nitrogen and oxygen atoms in total. The summed E-state index contributed by atoms with van der Waals surface area (Å²) in [4.78, 5) is 3.95. The number of rotatable bonds is 5. The summed E-state index contributed by atoms with van der Waals surface area (Å²) in [7, 11) is 1.67. The lowest BCUT2D eigenvalue weighted by Gasteiger charge is -2.11. The Morgan fingerprint density at radius 2 is 2.24 bits per heavy atom. The summed E-state index contributed by atoms with van der Waals surface area (Å²) < 4.78 is 10.7. The van der Waals surface area contributed by atoms with Gasteiger partial charge in [0.25, 0.3) is 0 Å². The Labute approximate surface area is 123 Å². The molecule has 3 rings (SSSR count). The van der Waals surface area contributed by atoms with Gasteiger partial charge in [-0.1, -0.05) is 18.2 Å². The quantitative estimate of drug-likeness (QED) is 0.772. The van der Waals surface area contributed by atoms with E-state index in [0.717, 1.165) is 28.3 Å². The molecule has 0 bridgehead atoms. The van der Waals surface area contributed by atoms with Crippen molar-refractivity contribution in [1.82, 2.24) is 4.98 Å². The number of oxazole rings is 1. The van der Waals surface area contributed by atoms with Crippen molar-refractivity contribution in [3.8, 4) is 17.1 Å². The van der Waals surface area contributed by atoms with Crippen molar-refractivity contribution in [3.05, 3.63) is 66.7 Å². The molecule has 0 atom stereocenters. The van der Waals surface area contributed by atoms with E-state index in [2.05, 4.69) is 16.4 Å². The molecule has 0 aliphatic heterocycles. The molecule has 1 radical (unpaired) electrons. The maximum absolute atomic E-state index is 5.41. The molecule has 0 amide bonds. The average molecular weight is 279 g/mol. The van der Waals surface area contributed by atoms with E-state index in [1.54, 1.807) is 13.3 Å². The van der Waals surface area contributed by atoms with Crippen LogP contribution in [-0.4, -0.2) is 12.1 Å². The second kappa shape index (κ2) is 6.13. The molecule has 0 aliphatic rings. The summed E-state index contributed by atoms with van der Waals surface area (Å²) in [5.41, 5.74) is 2.97. The van der Waals surface area contributed by atoms with Crippen LogP contribution in [0.3, 0.4) is 0 Å². The summed E-state index contributed by atoms with van der Waals surface area (Å²) in [6.45, 7) is 0.645. The fraction of sp³-hybridized carbons (Fsp3) is 0.118. The maximum atomic E-state index is 5.41. The molecular formula is C17H15N2O2. The number of nitrogens with zero attached hydrogens (tertiary/aromatic N) is 1. The Balaban J connectivity index is 1.84. The third kappa shape index (κ3) is 3.05. The third-order valence-corrected chi connectivity index (χ3v) is 3.18. The van der Waals surface area contributed by atoms with Gasteiger partial charge in [0.15, 0.2) is 12.2 Å². The lowest BCUT2D eigenvalue weighted by Crippen LogP contribution is -2.02. The summed E-state index contributed by atoms with van der Waals surface area (Å²) in [5.74, 6) is 1.58. The van der Waals surface area contributed by atoms with Crippen LogP contribution < -0.4 is 10.1 Å². The smallest absolute Gasteiger partial charge is 0.181 e. The molecule has 0 unspecified atom stereocenters. The molecule has 0 spiro atoms. The van der Waals surface area contributed by atoms with Gasteiger partial charge in [0.1, 0.15) is 5.75 Å². The minimum absolute atomic E-state index is 0.645. The normalized spacial score (nSPS) is 10.3. The molecule has 0 saturated carbocycles. The zero-order valence-corrected chi connectivity index (χ0v) is 11.7. The van der Waals surface area contributed by atoms with Crippen LogP contribution in [0.2, 0.25) is 0 Å². The number of aromatic nitrogens is 1. The Hall–Kier alpha value is -2.75. The number of anilines is 1. The standard InChI is InChI=1S/C17H15N2O2/c1-20-16-8-7-13(17-11-18-12-21-17)9-14(16)10-19-15-5-3-2-4-6-15/h2-5,7-9,11-12,19H,10H2,1H3. The molecule has 0 saturated heterocycles. The van der Waals surface area contributed by atoms with Crippen molar-refractivity contribution in [3.63, 3.8) is 0 Å². The van der Waals surface area contributed by atoms with Crippen molar-refractivity contribution in [2.45, 2.75) is 6.54 Å². The van der Waals surface area contributed by atoms with Gasteiger partial charge in [-0.15, -0.1) is 0 Å². The van der Waals surface area contributed by atoms with Gasteiger partial charge in [0, 0.05) is 29.4 Å². The highest BCUT2D eigenvalue weighted by molar-refractivity contribution is 5.60. The minimum Gasteiger partial charge on any atom is -0.496 e. The first-order chi connectivity index (χ1) is 10.4. The van der Waals surface area contributed by atoms with Crippen molar-refractivity contribution in [2.75, 3.05) is 12.4 Å². The number of benzene rings is 2. The Bertz CT molecular complexity index is 694. The van der Waals surface area contributed by atoms with E-state index in [9.17, 15) is 0 Å². The molecule has 1 aromatic heterocycles. The second-order valence-electron chi connectivity index (χ2n) is 4.52. The fourth-order valence-electron chi connectivity index (χ4n) is 2.12. The van der Waals surface area contributed by atoms with Gasteiger partial charge in [-0.2, -0.15) is 0 Å². The van der Waals surface area contributed by atoms with Crippen LogP contribution in [0.4, 0.5) is 5.69 Å². The molecule has 0 aliphatic carbocycles. The van der Waals surface area contributed by atoms with Gasteiger partial charge < -0.3 is 14.5 Å². The van der Waals surface area contributed by atoms with Crippen molar-refractivity contribution < 1.29 is 9.15 Å². The van der Waals surface area contributed by atoms with E-state index in [-0.39, 0.29) is 0 Å². The van der Waals surface area contributed by atoms with E-state index >= 15 is 0 Å². The highest BCUT2D eigenvalue weighted by Gasteiger charge is 2.08. The molecule has 1 heterocycles. The molecule has 0 fully saturated rings. The van der Waals surface area contributed by atoms with Gasteiger partial charge >= 0.3 is 0 Å². The van der Waals surface area contributed by atoms with E-state index in [1.165, 1.54) is 6.39 Å². The van der Waals surface area contributed by atoms with Gasteiger partial charge in [0.2, 0.25) is 0 Å². The Kier molecular flexibility index (Phi) is 3.87. The molecule has 21 heavy (non-hydrogen) atoms. The highest BCUT2D eigenvalue weighted by atomic mass is 16.5. The van der Waals surface area contributed by atoms with Crippen LogP contribution in [0.15, 0.2) is 59.5 Å². The number of hydrogen-bond acceptors (Lipinski definition) is 4. The Morgan fingerprint density at radius 3 is 2.95 bits per heavy atom. The lowest BCUT2D eigenvalue weighted by atomic mass is 10.1. The number of ether oxygens (including phenoxy) is 1. The molecule has 105 valence electrons. The van der Waals surface area contributed by atoms with Crippen LogP contribution >= 0.6 is 0 Å². The topological polar surface area (TPSA) is 47.3 Å². The van der Waals surface area contributed by atoms with Crippen LogP contribution in [0.1, 0.15) is 5.56 Å². The van der Waals surface area contributed by atoms with Crippen molar-refractivity contribution in [1.29, 1.82) is 0 Å². The van der Waals surface area contributed by atoms with Crippen molar-refractivity contribution >= 4 is 5.69 Å². The van der Waals surface area contributed by atoms with E-state index in [4.69, 9.17) is 9.15 Å². The molecule has 3 aromatic rings. The second-order valence-corrected chi connectivity index (χ2v) is 4.52. The minimum atomic E-state index is 0.645. The van der Waals surface area contributed by atoms with Gasteiger partial charge in [-0.05, 0) is 24.3 Å². The van der Waals surface area contributed by atoms with Gasteiger partial charge in [-0.3, -0.25) is 0 Å². The summed E-state index contributed by atoms with van der Waals surface area (Å²) in [5, 5.41) is 3.33. The largest absolute Gasteiger partial charge is 0.496 e. The predicted octanol–water partition coefficient (Wildman–Crippen LogP) is 3.76. The molecular weight excluding hydrogens is 264 g/mol. The molecule has 1 N–H and O–H groups in total. The SMILES string of the molecule is COc1ccc(-c2cnco2)cc1CNc1[c]cccc1. The van der Waals surface area contributed by atoms with E-state index < -0.39 is 0 Å². The molecule has 4 heteroatoms. The van der Waals surface area contributed by atoms with E-state index in [0.29, 0.717) is 6.54 Å². The predicted molar refractivity (Wildman–Crippen MR) is 81.1 cm³/mol. The average Bonchev–Trinajstić information content (AvgIpc) is 3.08. The summed E-state index contributed by atoms with van der Waals surface area (Å²) in [6.07, 6.45) is 3.13. The number of para-hydroxylation sites is 1. The first-order valence-electron chi connectivity index (χ1n) is 6.63. The number of methoxy groups -OCH3 is 1. The monoisotopic (exact) mass is 279 g/mol. The highest BCUT2D eigenvalue weighted by Crippen LogP contribution is 2.27. The zero-order chi connectivity index (χ0) is 14.5. The van der Waals surface area contributed by atoms with Crippen LogP contribution in [0.25, 0.3) is 11.3 Å². The van der Waals surface area contributed by atoms with Crippen LogP contribution in [0, 0.1) is 6.07 Å². The molecule has 2 aromatic carbocycles.